The van der Waals surface area contributed by atoms with Crippen LogP contribution in [0.4, 0.5) is 0 Å². The van der Waals surface area contributed by atoms with Crippen molar-refractivity contribution >= 4 is 23.6 Å². The highest BCUT2D eigenvalue weighted by Gasteiger charge is 2.24. The van der Waals surface area contributed by atoms with Gasteiger partial charge in [-0.3, -0.25) is 14.4 Å². The summed E-state index contributed by atoms with van der Waals surface area (Å²) in [6, 6.07) is 3.94. The second kappa shape index (κ2) is 10.6. The number of aromatic nitrogens is 2. The van der Waals surface area contributed by atoms with E-state index in [9.17, 15) is 4.79 Å². The molecule has 1 N–H and O–H groups in total. The molecule has 3 heterocycles. The molecule has 3 rings (SSSR count). The molecule has 1 atom stereocenters. The minimum absolute atomic E-state index is 0.0600. The molecule has 1 unspecified atom stereocenters. The maximum atomic E-state index is 12.5. The number of amides is 1. The summed E-state index contributed by atoms with van der Waals surface area (Å²) in [4.78, 5) is 14.9. The Kier molecular flexibility index (Phi) is 7.95. The third-order valence-electron chi connectivity index (χ3n) is 5.41. The lowest BCUT2D eigenvalue weighted by atomic mass is 10.1. The summed E-state index contributed by atoms with van der Waals surface area (Å²) in [6.07, 6.45) is 10.7. The zero-order valence-corrected chi connectivity index (χ0v) is 18.1. The first kappa shape index (κ1) is 21.7. The monoisotopic (exact) mass is 418 g/mol. The smallest absolute Gasteiger partial charge is 0.244 e. The third kappa shape index (κ3) is 5.73. The van der Waals surface area contributed by atoms with E-state index in [4.69, 9.17) is 16.0 Å². The summed E-state index contributed by atoms with van der Waals surface area (Å²) in [7, 11) is 0. The molecule has 0 bridgehead atoms. The van der Waals surface area contributed by atoms with Gasteiger partial charge < -0.3 is 9.73 Å². The van der Waals surface area contributed by atoms with Crippen molar-refractivity contribution in [1.82, 2.24) is 20.0 Å². The maximum absolute atomic E-state index is 12.5. The predicted octanol–water partition coefficient (Wildman–Crippen LogP) is 4.59. The summed E-state index contributed by atoms with van der Waals surface area (Å²) < 4.78 is 7.44. The molecule has 0 saturated carbocycles. The number of nitrogens with one attached hydrogen (secondary N) is 1. The van der Waals surface area contributed by atoms with E-state index < -0.39 is 0 Å². The molecule has 7 heteroatoms. The zero-order chi connectivity index (χ0) is 20.6. The minimum Gasteiger partial charge on any atom is -0.468 e. The first-order valence-electron chi connectivity index (χ1n) is 10.6. The van der Waals surface area contributed by atoms with E-state index in [0.29, 0.717) is 11.7 Å². The van der Waals surface area contributed by atoms with Gasteiger partial charge in [0.05, 0.1) is 18.0 Å². The van der Waals surface area contributed by atoms with Gasteiger partial charge in [0.2, 0.25) is 5.91 Å². The zero-order valence-electron chi connectivity index (χ0n) is 17.4. The van der Waals surface area contributed by atoms with E-state index in [1.54, 1.807) is 17.0 Å². The lowest BCUT2D eigenvalue weighted by molar-refractivity contribution is -0.116. The average Bonchev–Trinajstić information content (AvgIpc) is 3.35. The summed E-state index contributed by atoms with van der Waals surface area (Å²) >= 11 is 6.44. The highest BCUT2D eigenvalue weighted by atomic mass is 35.5. The molecule has 6 nitrogen and oxygen atoms in total. The van der Waals surface area contributed by atoms with Gasteiger partial charge in [-0.15, -0.1) is 0 Å². The van der Waals surface area contributed by atoms with Crippen LogP contribution >= 0.6 is 11.6 Å². The maximum Gasteiger partial charge on any atom is 0.244 e. The van der Waals surface area contributed by atoms with E-state index in [2.05, 4.69) is 22.2 Å². The molecule has 158 valence electrons. The average molecular weight is 419 g/mol. The summed E-state index contributed by atoms with van der Waals surface area (Å²) in [5.41, 5.74) is 1.63. The molecule has 1 aliphatic rings. The molecule has 0 aliphatic carbocycles. The Bertz CT molecular complexity index is 807. The Morgan fingerprint density at radius 3 is 2.86 bits per heavy atom. The van der Waals surface area contributed by atoms with Crippen LogP contribution in [0.5, 0.6) is 0 Å². The van der Waals surface area contributed by atoms with Crippen molar-refractivity contribution < 1.29 is 9.21 Å². The van der Waals surface area contributed by atoms with E-state index in [1.165, 1.54) is 25.3 Å². The lowest BCUT2D eigenvalue weighted by Gasteiger charge is -2.33. The fourth-order valence-electron chi connectivity index (χ4n) is 3.75. The predicted molar refractivity (Wildman–Crippen MR) is 116 cm³/mol. The minimum atomic E-state index is -0.143. The summed E-state index contributed by atoms with van der Waals surface area (Å²) in [5.74, 6) is 0.752. The Hall–Kier alpha value is -2.05. The Morgan fingerprint density at radius 2 is 2.17 bits per heavy atom. The van der Waals surface area contributed by atoms with E-state index in [0.717, 1.165) is 49.5 Å². The van der Waals surface area contributed by atoms with Crippen LogP contribution in [0.1, 0.15) is 62.1 Å². The molecular formula is C22H31ClN4O2. The normalized spacial score (nSPS) is 16.4. The number of halogens is 1. The Balaban J connectivity index is 1.61. The SMILES string of the molecule is CCCCn1nc(C)c(/C=C/C(=O)NCC(c2ccco2)N2CCCCC2)c1Cl. The van der Waals surface area contributed by atoms with Crippen LogP contribution in [0.3, 0.4) is 0 Å². The second-order valence-electron chi connectivity index (χ2n) is 7.57. The number of rotatable bonds is 9. The van der Waals surface area contributed by atoms with Crippen LogP contribution in [0.15, 0.2) is 28.9 Å². The van der Waals surface area contributed by atoms with Gasteiger partial charge in [-0.1, -0.05) is 31.4 Å². The number of hydrogen-bond acceptors (Lipinski definition) is 4. The topological polar surface area (TPSA) is 63.3 Å². The second-order valence-corrected chi connectivity index (χ2v) is 7.93. The first-order valence-corrected chi connectivity index (χ1v) is 10.9. The fraction of sp³-hybridized carbons (Fsp3) is 0.545. The number of nitrogens with zero attached hydrogens (tertiary/aromatic N) is 3. The largest absolute Gasteiger partial charge is 0.468 e. The fourth-order valence-corrected chi connectivity index (χ4v) is 4.07. The van der Waals surface area contributed by atoms with Gasteiger partial charge in [0.1, 0.15) is 10.9 Å². The standard InChI is InChI=1S/C22H31ClN4O2/c1-3-4-14-27-22(23)18(17(2)25-27)10-11-21(28)24-16-19(20-9-8-15-29-20)26-12-6-5-7-13-26/h8-11,15,19H,3-7,12-14,16H2,1-2H3,(H,24,28)/b11-10+. The van der Waals surface area contributed by atoms with E-state index in [1.807, 2.05) is 19.1 Å². The Labute approximate surface area is 177 Å². The van der Waals surface area contributed by atoms with Crippen LogP contribution < -0.4 is 5.32 Å². The van der Waals surface area contributed by atoms with Gasteiger partial charge >= 0.3 is 0 Å². The van der Waals surface area contributed by atoms with Crippen molar-refractivity contribution in [1.29, 1.82) is 0 Å². The Morgan fingerprint density at radius 1 is 1.38 bits per heavy atom. The van der Waals surface area contributed by atoms with Gasteiger partial charge in [-0.05, 0) is 57.5 Å². The van der Waals surface area contributed by atoms with Crippen molar-refractivity contribution in [2.24, 2.45) is 0 Å². The molecule has 1 amide bonds. The highest BCUT2D eigenvalue weighted by Crippen LogP contribution is 2.25. The van der Waals surface area contributed by atoms with Crippen molar-refractivity contribution in [3.63, 3.8) is 0 Å². The molecule has 1 fully saturated rings. The van der Waals surface area contributed by atoms with Gasteiger partial charge in [0.15, 0.2) is 0 Å². The number of unbranched alkanes of at least 4 members (excludes halogenated alkanes) is 1. The molecule has 1 saturated heterocycles. The van der Waals surface area contributed by atoms with E-state index >= 15 is 0 Å². The number of piperidine rings is 1. The third-order valence-corrected chi connectivity index (χ3v) is 5.81. The van der Waals surface area contributed by atoms with Crippen molar-refractivity contribution in [3.05, 3.63) is 46.6 Å². The van der Waals surface area contributed by atoms with Gasteiger partial charge in [-0.25, -0.2) is 0 Å². The van der Waals surface area contributed by atoms with E-state index in [-0.39, 0.29) is 11.9 Å². The molecular weight excluding hydrogens is 388 g/mol. The highest BCUT2D eigenvalue weighted by molar-refractivity contribution is 6.31. The molecule has 2 aromatic rings. The lowest BCUT2D eigenvalue weighted by Crippen LogP contribution is -2.40. The molecule has 0 aromatic carbocycles. The van der Waals surface area contributed by atoms with Crippen LogP contribution in [-0.4, -0.2) is 40.2 Å². The number of aryl methyl sites for hydroxylation is 2. The molecule has 2 aromatic heterocycles. The van der Waals surface area contributed by atoms with Gasteiger partial charge in [0.25, 0.3) is 0 Å². The number of likely N-dealkylation sites (tertiary alicyclic amines) is 1. The van der Waals surface area contributed by atoms with Crippen LogP contribution in [0.2, 0.25) is 5.15 Å². The molecule has 0 spiro atoms. The quantitative estimate of drug-likeness (QED) is 0.604. The van der Waals surface area contributed by atoms with Crippen LogP contribution in [0, 0.1) is 6.92 Å². The summed E-state index contributed by atoms with van der Waals surface area (Å²) in [6.45, 7) is 7.41. The van der Waals surface area contributed by atoms with Crippen molar-refractivity contribution in [3.8, 4) is 0 Å². The number of hydrogen-bond donors (Lipinski definition) is 1. The first-order chi connectivity index (χ1) is 14.1. The molecule has 0 radical (unpaired) electrons. The van der Waals surface area contributed by atoms with Crippen LogP contribution in [0.25, 0.3) is 6.08 Å². The van der Waals surface area contributed by atoms with Gasteiger partial charge in [-0.2, -0.15) is 5.10 Å². The van der Waals surface area contributed by atoms with Gasteiger partial charge in [0, 0.05) is 24.7 Å². The van der Waals surface area contributed by atoms with Crippen molar-refractivity contribution in [2.75, 3.05) is 19.6 Å². The van der Waals surface area contributed by atoms with Crippen molar-refractivity contribution in [2.45, 2.75) is 58.5 Å². The number of carbonyl (C=O) groups is 1. The van der Waals surface area contributed by atoms with Crippen LogP contribution in [-0.2, 0) is 11.3 Å². The number of furan rings is 1. The number of carbonyl (C=O) groups excluding carboxylic acids is 1. The molecule has 1 aliphatic heterocycles. The summed E-state index contributed by atoms with van der Waals surface area (Å²) in [5, 5.41) is 8.08. The molecule has 29 heavy (non-hydrogen) atoms.